The fourth-order valence-corrected chi connectivity index (χ4v) is 2.17. The third kappa shape index (κ3) is 8.98. The van der Waals surface area contributed by atoms with E-state index in [1.165, 1.54) is 11.1 Å². The summed E-state index contributed by atoms with van der Waals surface area (Å²) in [6.07, 6.45) is 0. The van der Waals surface area contributed by atoms with Crippen LogP contribution >= 0.6 is 34.8 Å². The van der Waals surface area contributed by atoms with E-state index in [1.807, 2.05) is 68.4 Å². The fourth-order valence-electron chi connectivity index (χ4n) is 1.63. The first-order valence-corrected chi connectivity index (χ1v) is 8.67. The van der Waals surface area contributed by atoms with Gasteiger partial charge in [-0.15, -0.1) is 0 Å². The average molecular weight is 380 g/mol. The zero-order chi connectivity index (χ0) is 17.9. The first-order valence-electron chi connectivity index (χ1n) is 7.54. The van der Waals surface area contributed by atoms with Crippen LogP contribution in [0, 0.1) is 20.8 Å². The molecule has 0 aliphatic rings. The van der Waals surface area contributed by atoms with Gasteiger partial charge in [0.2, 0.25) is 0 Å². The number of aryl methyl sites for hydroxylation is 3. The van der Waals surface area contributed by atoms with Crippen molar-refractivity contribution in [1.29, 1.82) is 0 Å². The van der Waals surface area contributed by atoms with Gasteiger partial charge in [-0.2, -0.15) is 0 Å². The Morgan fingerprint density at radius 2 is 1.04 bits per heavy atom. The van der Waals surface area contributed by atoms with Crippen LogP contribution in [0.2, 0.25) is 15.1 Å². The van der Waals surface area contributed by atoms with Gasteiger partial charge in [-0.05, 0) is 50.6 Å². The highest BCUT2D eigenvalue weighted by molar-refractivity contribution is 6.35. The summed E-state index contributed by atoms with van der Waals surface area (Å²) in [7, 11) is 0. The van der Waals surface area contributed by atoms with Crippen molar-refractivity contribution in [3.05, 3.63) is 105 Å². The number of halogens is 3. The topological polar surface area (TPSA) is 0 Å². The zero-order valence-corrected chi connectivity index (χ0v) is 16.3. The van der Waals surface area contributed by atoms with Crippen molar-refractivity contribution in [1.82, 2.24) is 0 Å². The Hall–Kier alpha value is -1.47. The van der Waals surface area contributed by atoms with Gasteiger partial charge in [-0.25, -0.2) is 0 Å². The molecule has 0 amide bonds. The standard InChI is InChI=1S/C7H6Cl2.C7H7Cl.C7H8/c1-5-2-3-6(8)4-7(5)9;1-6-2-4-7(8)5-3-6;1-7-5-3-2-4-6-7/h2-4H,1H3;2-5H,1H3;2-6H,1H3. The molecule has 3 rings (SSSR count). The summed E-state index contributed by atoms with van der Waals surface area (Å²) in [5.74, 6) is 0. The fraction of sp³-hybridized carbons (Fsp3) is 0.143. The summed E-state index contributed by atoms with van der Waals surface area (Å²) in [5.41, 5.74) is 3.62. The third-order valence-electron chi connectivity index (χ3n) is 3.09. The Labute approximate surface area is 160 Å². The monoisotopic (exact) mass is 378 g/mol. The maximum Gasteiger partial charge on any atom is 0.0449 e. The molecule has 3 aromatic carbocycles. The quantitative estimate of drug-likeness (QED) is 0.372. The van der Waals surface area contributed by atoms with Crippen LogP contribution in [0.1, 0.15) is 16.7 Å². The summed E-state index contributed by atoms with van der Waals surface area (Å²) in [6.45, 7) is 6.06. The largest absolute Gasteiger partial charge is 0.0843 e. The van der Waals surface area contributed by atoms with Crippen molar-refractivity contribution in [3.63, 3.8) is 0 Å². The van der Waals surface area contributed by atoms with Crippen LogP contribution in [-0.2, 0) is 0 Å². The van der Waals surface area contributed by atoms with Crippen molar-refractivity contribution in [3.8, 4) is 0 Å². The van der Waals surface area contributed by atoms with E-state index in [0.29, 0.717) is 5.02 Å². The highest BCUT2D eigenvalue weighted by Crippen LogP contribution is 2.19. The summed E-state index contributed by atoms with van der Waals surface area (Å²) >= 11 is 17.0. The molecule has 0 nitrogen and oxygen atoms in total. The number of rotatable bonds is 0. The maximum absolute atomic E-state index is 5.73. The van der Waals surface area contributed by atoms with Crippen molar-refractivity contribution < 1.29 is 0 Å². The van der Waals surface area contributed by atoms with Crippen molar-refractivity contribution in [2.24, 2.45) is 0 Å². The van der Waals surface area contributed by atoms with Gasteiger partial charge in [-0.3, -0.25) is 0 Å². The minimum absolute atomic E-state index is 0.686. The predicted octanol–water partition coefficient (Wildman–Crippen LogP) is 7.95. The Bertz CT molecular complexity index is 699. The highest BCUT2D eigenvalue weighted by Gasteiger charge is 1.92. The van der Waals surface area contributed by atoms with E-state index in [0.717, 1.165) is 15.6 Å². The predicted molar refractivity (Wildman–Crippen MR) is 109 cm³/mol. The van der Waals surface area contributed by atoms with Gasteiger partial charge in [-0.1, -0.05) is 94.5 Å². The molecule has 0 heterocycles. The molecule has 0 aliphatic carbocycles. The molecule has 0 N–H and O–H groups in total. The molecule has 0 unspecified atom stereocenters. The molecule has 126 valence electrons. The van der Waals surface area contributed by atoms with Gasteiger partial charge in [0.05, 0.1) is 0 Å². The van der Waals surface area contributed by atoms with E-state index in [-0.39, 0.29) is 0 Å². The Kier molecular flexibility index (Phi) is 9.56. The van der Waals surface area contributed by atoms with Gasteiger partial charge in [0.1, 0.15) is 0 Å². The number of benzene rings is 3. The van der Waals surface area contributed by atoms with Crippen LogP contribution in [-0.4, -0.2) is 0 Å². The molecule has 3 aromatic rings. The summed E-state index contributed by atoms with van der Waals surface area (Å²) in [6, 6.07) is 23.5. The molecule has 0 aliphatic heterocycles. The van der Waals surface area contributed by atoms with E-state index in [9.17, 15) is 0 Å². The summed E-state index contributed by atoms with van der Waals surface area (Å²) in [5, 5.41) is 2.21. The number of hydrogen-bond donors (Lipinski definition) is 0. The third-order valence-corrected chi connectivity index (χ3v) is 3.98. The lowest BCUT2D eigenvalue weighted by Crippen LogP contribution is -1.71. The van der Waals surface area contributed by atoms with Gasteiger partial charge in [0.25, 0.3) is 0 Å². The van der Waals surface area contributed by atoms with E-state index in [1.54, 1.807) is 6.07 Å². The zero-order valence-electron chi connectivity index (χ0n) is 14.1. The molecule has 3 heteroatoms. The summed E-state index contributed by atoms with van der Waals surface area (Å²) in [4.78, 5) is 0. The van der Waals surface area contributed by atoms with Crippen molar-refractivity contribution in [2.75, 3.05) is 0 Å². The first-order chi connectivity index (χ1) is 11.4. The van der Waals surface area contributed by atoms with Crippen molar-refractivity contribution in [2.45, 2.75) is 20.8 Å². The molecule has 0 aromatic heterocycles. The van der Waals surface area contributed by atoms with E-state index in [4.69, 9.17) is 34.8 Å². The molecule has 0 fully saturated rings. The van der Waals surface area contributed by atoms with Crippen LogP contribution in [0.25, 0.3) is 0 Å². The second kappa shape index (κ2) is 11.1. The maximum atomic E-state index is 5.73. The summed E-state index contributed by atoms with van der Waals surface area (Å²) < 4.78 is 0. The average Bonchev–Trinajstić information content (AvgIpc) is 2.56. The Balaban J connectivity index is 0.000000181. The second-order valence-corrected chi connectivity index (χ2v) is 6.62. The molecule has 0 radical (unpaired) electrons. The molecule has 0 saturated heterocycles. The van der Waals surface area contributed by atoms with Gasteiger partial charge < -0.3 is 0 Å². The van der Waals surface area contributed by atoms with Crippen LogP contribution in [0.5, 0.6) is 0 Å². The van der Waals surface area contributed by atoms with Gasteiger partial charge in [0.15, 0.2) is 0 Å². The van der Waals surface area contributed by atoms with E-state index in [2.05, 4.69) is 19.1 Å². The van der Waals surface area contributed by atoms with Crippen LogP contribution in [0.3, 0.4) is 0 Å². The smallest absolute Gasteiger partial charge is 0.0449 e. The van der Waals surface area contributed by atoms with Gasteiger partial charge in [0, 0.05) is 15.1 Å². The van der Waals surface area contributed by atoms with Crippen LogP contribution < -0.4 is 0 Å². The number of hydrogen-bond acceptors (Lipinski definition) is 0. The van der Waals surface area contributed by atoms with Crippen molar-refractivity contribution >= 4 is 34.8 Å². The van der Waals surface area contributed by atoms with E-state index >= 15 is 0 Å². The lowest BCUT2D eigenvalue weighted by atomic mass is 10.2. The molecular weight excluding hydrogens is 359 g/mol. The minimum atomic E-state index is 0.686. The van der Waals surface area contributed by atoms with Gasteiger partial charge >= 0.3 is 0 Å². The molecule has 0 atom stereocenters. The van der Waals surface area contributed by atoms with Crippen LogP contribution in [0.15, 0.2) is 72.8 Å². The lowest BCUT2D eigenvalue weighted by Gasteiger charge is -1.94. The van der Waals surface area contributed by atoms with E-state index < -0.39 is 0 Å². The normalized spacial score (nSPS) is 9.25. The minimum Gasteiger partial charge on any atom is -0.0843 e. The second-order valence-electron chi connectivity index (χ2n) is 5.34. The molecule has 0 bridgehead atoms. The van der Waals surface area contributed by atoms with Crippen LogP contribution in [0.4, 0.5) is 0 Å². The molecule has 0 saturated carbocycles. The molecular formula is C21H21Cl3. The highest BCUT2D eigenvalue weighted by atomic mass is 35.5. The Morgan fingerprint density at radius 3 is 1.42 bits per heavy atom. The molecule has 24 heavy (non-hydrogen) atoms. The Morgan fingerprint density at radius 1 is 0.542 bits per heavy atom. The first kappa shape index (κ1) is 20.6. The SMILES string of the molecule is Cc1ccc(Cl)cc1.Cc1ccc(Cl)cc1Cl.Cc1ccccc1. The molecule has 0 spiro atoms. The lowest BCUT2D eigenvalue weighted by molar-refractivity contribution is 1.47.